The van der Waals surface area contributed by atoms with Crippen molar-refractivity contribution in [3.05, 3.63) is 34.9 Å². The molecule has 0 heterocycles. The standard InChI is InChI=1S/C20H31N/c1-16(2)14-21-15-20(10-3-4-11-20)13-17-8-9-18-6-5-7-19(18)12-17/h8-9,12,16,21H,3-7,10-11,13-15H2,1-2H3. The van der Waals surface area contributed by atoms with E-state index in [0.717, 1.165) is 12.5 Å². The zero-order chi connectivity index (χ0) is 14.7. The van der Waals surface area contributed by atoms with E-state index in [4.69, 9.17) is 0 Å². The van der Waals surface area contributed by atoms with E-state index < -0.39 is 0 Å². The second-order valence-corrected chi connectivity index (χ2v) is 7.87. The fourth-order valence-electron chi connectivity index (χ4n) is 4.34. The maximum Gasteiger partial charge on any atom is 0.00111 e. The Labute approximate surface area is 130 Å². The zero-order valence-electron chi connectivity index (χ0n) is 13.9. The van der Waals surface area contributed by atoms with E-state index in [9.17, 15) is 0 Å². The van der Waals surface area contributed by atoms with Crippen LogP contribution < -0.4 is 5.32 Å². The van der Waals surface area contributed by atoms with Crippen molar-refractivity contribution in [3.63, 3.8) is 0 Å². The lowest BCUT2D eigenvalue weighted by Crippen LogP contribution is -2.35. The van der Waals surface area contributed by atoms with Gasteiger partial charge in [-0.2, -0.15) is 0 Å². The molecule has 1 heteroatoms. The summed E-state index contributed by atoms with van der Waals surface area (Å²) in [6.45, 7) is 6.97. The first-order chi connectivity index (χ1) is 10.2. The summed E-state index contributed by atoms with van der Waals surface area (Å²) in [7, 11) is 0. The summed E-state index contributed by atoms with van der Waals surface area (Å²) >= 11 is 0. The summed E-state index contributed by atoms with van der Waals surface area (Å²) in [5.41, 5.74) is 5.36. The molecule has 0 aromatic heterocycles. The van der Waals surface area contributed by atoms with Crippen LogP contribution in [-0.2, 0) is 19.3 Å². The molecule has 0 radical (unpaired) electrons. The van der Waals surface area contributed by atoms with Crippen LogP contribution in [0.3, 0.4) is 0 Å². The molecule has 0 atom stereocenters. The highest BCUT2D eigenvalue weighted by Gasteiger charge is 2.33. The first kappa shape index (κ1) is 15.1. The Morgan fingerprint density at radius 3 is 2.57 bits per heavy atom. The molecule has 116 valence electrons. The van der Waals surface area contributed by atoms with E-state index in [1.165, 1.54) is 57.9 Å². The van der Waals surface area contributed by atoms with E-state index in [0.29, 0.717) is 5.41 Å². The smallest absolute Gasteiger partial charge is 0.00111 e. The zero-order valence-corrected chi connectivity index (χ0v) is 13.9. The molecule has 0 amide bonds. The molecule has 0 unspecified atom stereocenters. The second kappa shape index (κ2) is 6.52. The predicted octanol–water partition coefficient (Wildman–Crippen LogP) is 4.52. The first-order valence-electron chi connectivity index (χ1n) is 8.98. The lowest BCUT2D eigenvalue weighted by atomic mass is 9.79. The molecule has 1 N–H and O–H groups in total. The summed E-state index contributed by atoms with van der Waals surface area (Å²) in [6, 6.07) is 7.33. The van der Waals surface area contributed by atoms with Crippen LogP contribution >= 0.6 is 0 Å². The van der Waals surface area contributed by atoms with E-state index in [1.807, 2.05) is 0 Å². The Kier molecular flexibility index (Phi) is 4.69. The predicted molar refractivity (Wildman–Crippen MR) is 90.8 cm³/mol. The van der Waals surface area contributed by atoms with Crippen molar-refractivity contribution in [3.8, 4) is 0 Å². The molecule has 0 aliphatic heterocycles. The number of rotatable bonds is 6. The Morgan fingerprint density at radius 1 is 1.05 bits per heavy atom. The third-order valence-electron chi connectivity index (χ3n) is 5.46. The molecular weight excluding hydrogens is 254 g/mol. The van der Waals surface area contributed by atoms with Crippen LogP contribution in [0.25, 0.3) is 0 Å². The van der Waals surface area contributed by atoms with E-state index in [1.54, 1.807) is 16.7 Å². The van der Waals surface area contributed by atoms with Gasteiger partial charge in [0.05, 0.1) is 0 Å². The minimum absolute atomic E-state index is 0.529. The number of fused-ring (bicyclic) bond motifs is 1. The van der Waals surface area contributed by atoms with Crippen molar-refractivity contribution in [2.45, 2.75) is 65.2 Å². The van der Waals surface area contributed by atoms with Crippen molar-refractivity contribution in [1.29, 1.82) is 0 Å². The second-order valence-electron chi connectivity index (χ2n) is 7.87. The number of hydrogen-bond donors (Lipinski definition) is 1. The maximum absolute atomic E-state index is 3.74. The highest BCUT2D eigenvalue weighted by Crippen LogP contribution is 2.41. The summed E-state index contributed by atoms with van der Waals surface area (Å²) in [4.78, 5) is 0. The van der Waals surface area contributed by atoms with Crippen LogP contribution in [0, 0.1) is 11.3 Å². The van der Waals surface area contributed by atoms with Crippen LogP contribution in [0.1, 0.15) is 62.6 Å². The van der Waals surface area contributed by atoms with Gasteiger partial charge in [-0.1, -0.05) is 44.9 Å². The summed E-state index contributed by atoms with van der Waals surface area (Å²) in [5, 5.41) is 3.74. The molecule has 2 aliphatic rings. The molecule has 0 bridgehead atoms. The third-order valence-corrected chi connectivity index (χ3v) is 5.46. The van der Waals surface area contributed by atoms with Gasteiger partial charge in [-0.15, -0.1) is 0 Å². The molecule has 2 aliphatic carbocycles. The fourth-order valence-corrected chi connectivity index (χ4v) is 4.34. The van der Waals surface area contributed by atoms with Gasteiger partial charge in [0.25, 0.3) is 0 Å². The van der Waals surface area contributed by atoms with Gasteiger partial charge < -0.3 is 5.32 Å². The van der Waals surface area contributed by atoms with Gasteiger partial charge in [0.2, 0.25) is 0 Å². The van der Waals surface area contributed by atoms with Crippen molar-refractivity contribution < 1.29 is 0 Å². The molecule has 1 fully saturated rings. The minimum Gasteiger partial charge on any atom is -0.316 e. The Morgan fingerprint density at radius 2 is 1.81 bits per heavy atom. The van der Waals surface area contributed by atoms with E-state index >= 15 is 0 Å². The average molecular weight is 285 g/mol. The number of aryl methyl sites for hydroxylation is 2. The van der Waals surface area contributed by atoms with Gasteiger partial charge in [0.15, 0.2) is 0 Å². The van der Waals surface area contributed by atoms with E-state index in [-0.39, 0.29) is 0 Å². The lowest BCUT2D eigenvalue weighted by molar-refractivity contribution is 0.273. The Hall–Kier alpha value is -0.820. The average Bonchev–Trinajstić information content (AvgIpc) is 3.07. The monoisotopic (exact) mass is 285 g/mol. The van der Waals surface area contributed by atoms with Gasteiger partial charge >= 0.3 is 0 Å². The van der Waals surface area contributed by atoms with Gasteiger partial charge in [0, 0.05) is 6.54 Å². The van der Waals surface area contributed by atoms with Gasteiger partial charge in [-0.25, -0.2) is 0 Å². The highest BCUT2D eigenvalue weighted by molar-refractivity contribution is 5.35. The number of benzene rings is 1. The molecule has 1 aromatic rings. The highest BCUT2D eigenvalue weighted by atomic mass is 14.9. The topological polar surface area (TPSA) is 12.0 Å². The van der Waals surface area contributed by atoms with Crippen LogP contribution in [0.2, 0.25) is 0 Å². The first-order valence-corrected chi connectivity index (χ1v) is 8.98. The Bertz CT molecular complexity index is 469. The molecule has 1 saturated carbocycles. The molecule has 21 heavy (non-hydrogen) atoms. The molecule has 0 spiro atoms. The van der Waals surface area contributed by atoms with Crippen molar-refractivity contribution in [2.24, 2.45) is 11.3 Å². The lowest BCUT2D eigenvalue weighted by Gasteiger charge is -2.30. The normalized spacial score (nSPS) is 20.1. The van der Waals surface area contributed by atoms with Crippen LogP contribution in [0.15, 0.2) is 18.2 Å². The summed E-state index contributed by atoms with van der Waals surface area (Å²) in [5.74, 6) is 0.753. The van der Waals surface area contributed by atoms with Crippen LogP contribution in [-0.4, -0.2) is 13.1 Å². The van der Waals surface area contributed by atoms with Gasteiger partial charge in [-0.05, 0) is 73.1 Å². The maximum atomic E-state index is 3.74. The number of hydrogen-bond acceptors (Lipinski definition) is 1. The van der Waals surface area contributed by atoms with Crippen LogP contribution in [0.4, 0.5) is 0 Å². The summed E-state index contributed by atoms with van der Waals surface area (Å²) in [6.07, 6.45) is 10.9. The van der Waals surface area contributed by atoms with E-state index in [2.05, 4.69) is 37.4 Å². The summed E-state index contributed by atoms with van der Waals surface area (Å²) < 4.78 is 0. The quantitative estimate of drug-likeness (QED) is 0.810. The molecule has 0 saturated heterocycles. The van der Waals surface area contributed by atoms with Crippen molar-refractivity contribution >= 4 is 0 Å². The molecule has 1 aromatic carbocycles. The minimum atomic E-state index is 0.529. The third kappa shape index (κ3) is 3.69. The van der Waals surface area contributed by atoms with Gasteiger partial charge in [-0.3, -0.25) is 0 Å². The fraction of sp³-hybridized carbons (Fsp3) is 0.700. The molecule has 1 nitrogen and oxygen atoms in total. The molecular formula is C20H31N. The SMILES string of the molecule is CC(C)CNCC1(Cc2ccc3c(c2)CCC3)CCCC1. The van der Waals surface area contributed by atoms with Crippen molar-refractivity contribution in [1.82, 2.24) is 5.32 Å². The van der Waals surface area contributed by atoms with Crippen molar-refractivity contribution in [2.75, 3.05) is 13.1 Å². The largest absolute Gasteiger partial charge is 0.316 e. The van der Waals surface area contributed by atoms with Crippen LogP contribution in [0.5, 0.6) is 0 Å². The van der Waals surface area contributed by atoms with Gasteiger partial charge in [0.1, 0.15) is 0 Å². The number of nitrogens with one attached hydrogen (secondary N) is 1. The molecule has 3 rings (SSSR count). The Balaban J connectivity index is 1.67.